The van der Waals surface area contributed by atoms with Crippen LogP contribution in [0.4, 0.5) is 10.2 Å². The molecule has 1 aliphatic rings. The molecule has 3 heterocycles. The average Bonchev–Trinajstić information content (AvgIpc) is 3.00. The third-order valence-electron chi connectivity index (χ3n) is 6.51. The Morgan fingerprint density at radius 3 is 2.33 bits per heavy atom. The first-order valence-electron chi connectivity index (χ1n) is 12.0. The highest BCUT2D eigenvalue weighted by Gasteiger charge is 2.26. The molecule has 0 N–H and O–H groups in total. The first-order chi connectivity index (χ1) is 17.2. The van der Waals surface area contributed by atoms with Gasteiger partial charge in [0, 0.05) is 32.6 Å². The summed E-state index contributed by atoms with van der Waals surface area (Å²) in [6.45, 7) is 6.02. The van der Waals surface area contributed by atoms with E-state index in [1.807, 2.05) is 13.8 Å². The number of anilines is 1. The number of aryl methyl sites for hydroxylation is 2. The maximum Gasteiger partial charge on any atom is 0.211 e. The van der Waals surface area contributed by atoms with Crippen molar-refractivity contribution >= 4 is 26.9 Å². The second-order valence-electron chi connectivity index (χ2n) is 9.30. The number of hydrogen-bond acceptors (Lipinski definition) is 6. The lowest BCUT2D eigenvalue weighted by atomic mass is 10.1. The van der Waals surface area contributed by atoms with Gasteiger partial charge in [-0.3, -0.25) is 0 Å². The van der Waals surface area contributed by atoms with Gasteiger partial charge in [0.1, 0.15) is 17.5 Å². The van der Waals surface area contributed by atoms with Gasteiger partial charge in [0.05, 0.1) is 23.0 Å². The summed E-state index contributed by atoms with van der Waals surface area (Å²) < 4.78 is 41.2. The number of fused-ring (bicyclic) bond motifs is 1. The minimum Gasteiger partial charge on any atom is -0.355 e. The van der Waals surface area contributed by atoms with E-state index in [9.17, 15) is 12.8 Å². The zero-order valence-corrected chi connectivity index (χ0v) is 21.5. The number of nitrogens with zero attached hydrogens (tertiary/aromatic N) is 6. The summed E-state index contributed by atoms with van der Waals surface area (Å²) in [5.74, 6) is 1.08. The van der Waals surface area contributed by atoms with Crippen LogP contribution in [0.1, 0.15) is 29.1 Å². The monoisotopic (exact) mass is 508 g/mol. The standard InChI is InChI=1S/C26H29FN6O2S/c1-18-5-7-20(8-6-18)17-23-28-25(31-13-4-14-32(16-15-31)36(3,34)35)24-19(2)30-33(26(24)29-23)22-11-9-21(27)10-12-22/h5-12H,4,13-17H2,1-3H3. The second-order valence-corrected chi connectivity index (χ2v) is 11.3. The Hall–Kier alpha value is -3.37. The number of sulfonamides is 1. The highest BCUT2D eigenvalue weighted by Crippen LogP contribution is 2.30. The first kappa shape index (κ1) is 24.3. The largest absolute Gasteiger partial charge is 0.355 e. The molecule has 2 aromatic heterocycles. The molecule has 8 nitrogen and oxygen atoms in total. The van der Waals surface area contributed by atoms with Crippen LogP contribution in [-0.2, 0) is 16.4 Å². The van der Waals surface area contributed by atoms with E-state index >= 15 is 0 Å². The van der Waals surface area contributed by atoms with Crippen LogP contribution in [-0.4, -0.2) is 64.9 Å². The Bertz CT molecular complexity index is 1500. The molecule has 5 rings (SSSR count). The van der Waals surface area contributed by atoms with Crippen LogP contribution in [0.15, 0.2) is 48.5 Å². The van der Waals surface area contributed by atoms with E-state index in [1.54, 1.807) is 16.8 Å². The van der Waals surface area contributed by atoms with E-state index in [0.717, 1.165) is 22.5 Å². The SMILES string of the molecule is Cc1ccc(Cc2nc(N3CCCN(S(C)(=O)=O)CC3)c3c(C)nn(-c4ccc(F)cc4)c3n2)cc1. The molecular weight excluding hydrogens is 479 g/mol. The summed E-state index contributed by atoms with van der Waals surface area (Å²) in [6, 6.07) is 14.4. The Balaban J connectivity index is 1.63. The van der Waals surface area contributed by atoms with Gasteiger partial charge in [-0.05, 0) is 50.1 Å². The number of rotatable bonds is 5. The van der Waals surface area contributed by atoms with Crippen molar-refractivity contribution < 1.29 is 12.8 Å². The molecule has 0 spiro atoms. The van der Waals surface area contributed by atoms with E-state index in [1.165, 1.54) is 28.3 Å². The van der Waals surface area contributed by atoms with Crippen molar-refractivity contribution in [2.45, 2.75) is 26.7 Å². The van der Waals surface area contributed by atoms with E-state index in [0.29, 0.717) is 56.2 Å². The highest BCUT2D eigenvalue weighted by atomic mass is 32.2. The van der Waals surface area contributed by atoms with Crippen LogP contribution >= 0.6 is 0 Å². The second kappa shape index (κ2) is 9.59. The Kier molecular flexibility index (Phi) is 6.48. The smallest absolute Gasteiger partial charge is 0.211 e. The molecule has 4 aromatic rings. The van der Waals surface area contributed by atoms with E-state index in [2.05, 4.69) is 29.2 Å². The molecule has 0 unspecified atom stereocenters. The fourth-order valence-electron chi connectivity index (χ4n) is 4.60. The zero-order valence-electron chi connectivity index (χ0n) is 20.6. The van der Waals surface area contributed by atoms with Crippen molar-refractivity contribution in [3.63, 3.8) is 0 Å². The molecule has 0 radical (unpaired) electrons. The van der Waals surface area contributed by atoms with Crippen molar-refractivity contribution in [2.24, 2.45) is 0 Å². The third kappa shape index (κ3) is 4.96. The molecule has 188 valence electrons. The van der Waals surface area contributed by atoms with Gasteiger partial charge in [0.15, 0.2) is 5.65 Å². The van der Waals surface area contributed by atoms with Gasteiger partial charge in [-0.15, -0.1) is 0 Å². The van der Waals surface area contributed by atoms with Gasteiger partial charge in [0.25, 0.3) is 0 Å². The molecule has 1 aliphatic heterocycles. The van der Waals surface area contributed by atoms with Crippen molar-refractivity contribution in [2.75, 3.05) is 37.3 Å². The van der Waals surface area contributed by atoms with E-state index in [4.69, 9.17) is 15.1 Å². The van der Waals surface area contributed by atoms with Gasteiger partial charge in [-0.1, -0.05) is 29.8 Å². The van der Waals surface area contributed by atoms with Crippen LogP contribution < -0.4 is 4.90 Å². The average molecular weight is 509 g/mol. The molecule has 0 atom stereocenters. The first-order valence-corrected chi connectivity index (χ1v) is 13.8. The van der Waals surface area contributed by atoms with Crippen LogP contribution in [0.5, 0.6) is 0 Å². The fourth-order valence-corrected chi connectivity index (χ4v) is 5.48. The van der Waals surface area contributed by atoms with Gasteiger partial charge in [-0.25, -0.2) is 31.8 Å². The lowest BCUT2D eigenvalue weighted by molar-refractivity contribution is 0.437. The van der Waals surface area contributed by atoms with Gasteiger partial charge in [-0.2, -0.15) is 5.10 Å². The number of hydrogen-bond donors (Lipinski definition) is 0. The minimum absolute atomic E-state index is 0.317. The third-order valence-corrected chi connectivity index (χ3v) is 7.81. The van der Waals surface area contributed by atoms with Gasteiger partial charge >= 0.3 is 0 Å². The quantitative estimate of drug-likeness (QED) is 0.409. The molecule has 0 amide bonds. The van der Waals surface area contributed by atoms with Crippen LogP contribution in [0.25, 0.3) is 16.7 Å². The molecule has 1 saturated heterocycles. The Morgan fingerprint density at radius 2 is 1.64 bits per heavy atom. The maximum absolute atomic E-state index is 13.6. The molecule has 1 fully saturated rings. The maximum atomic E-state index is 13.6. The van der Waals surface area contributed by atoms with Crippen LogP contribution in [0.2, 0.25) is 0 Å². The lowest BCUT2D eigenvalue weighted by Gasteiger charge is -2.23. The van der Waals surface area contributed by atoms with Crippen molar-refractivity contribution in [1.82, 2.24) is 24.1 Å². The van der Waals surface area contributed by atoms with Gasteiger partial charge < -0.3 is 4.90 Å². The molecule has 10 heteroatoms. The summed E-state index contributed by atoms with van der Waals surface area (Å²) in [6.07, 6.45) is 2.49. The van der Waals surface area contributed by atoms with Crippen molar-refractivity contribution in [3.05, 3.63) is 77.0 Å². The minimum atomic E-state index is -3.27. The summed E-state index contributed by atoms with van der Waals surface area (Å²) in [7, 11) is -3.27. The zero-order chi connectivity index (χ0) is 25.4. The highest BCUT2D eigenvalue weighted by molar-refractivity contribution is 7.88. The number of aromatic nitrogens is 4. The molecule has 36 heavy (non-hydrogen) atoms. The van der Waals surface area contributed by atoms with Crippen molar-refractivity contribution in [1.29, 1.82) is 0 Å². The fraction of sp³-hybridized carbons (Fsp3) is 0.346. The van der Waals surface area contributed by atoms with Crippen LogP contribution in [0, 0.1) is 19.7 Å². The molecule has 0 saturated carbocycles. The van der Waals surface area contributed by atoms with E-state index in [-0.39, 0.29) is 5.82 Å². The van der Waals surface area contributed by atoms with Crippen molar-refractivity contribution in [3.8, 4) is 5.69 Å². The predicted molar refractivity (Wildman–Crippen MR) is 139 cm³/mol. The normalized spacial score (nSPS) is 15.4. The Morgan fingerprint density at radius 1 is 0.917 bits per heavy atom. The van der Waals surface area contributed by atoms with Gasteiger partial charge in [0.2, 0.25) is 10.0 Å². The molecule has 0 aliphatic carbocycles. The molecule has 0 bridgehead atoms. The van der Waals surface area contributed by atoms with E-state index < -0.39 is 10.0 Å². The molecular formula is C26H29FN6O2S. The summed E-state index contributed by atoms with van der Waals surface area (Å²) in [5.41, 5.74) is 4.39. The number of benzene rings is 2. The summed E-state index contributed by atoms with van der Waals surface area (Å²) in [4.78, 5) is 12.0. The summed E-state index contributed by atoms with van der Waals surface area (Å²) in [5, 5.41) is 5.56. The number of halogens is 1. The molecule has 2 aromatic carbocycles. The Labute approximate surface area is 210 Å². The predicted octanol–water partition coefficient (Wildman–Crippen LogP) is 3.63. The van der Waals surface area contributed by atoms with Crippen LogP contribution in [0.3, 0.4) is 0 Å². The topological polar surface area (TPSA) is 84.2 Å². The lowest BCUT2D eigenvalue weighted by Crippen LogP contribution is -2.34. The summed E-state index contributed by atoms with van der Waals surface area (Å²) >= 11 is 0.